The third-order valence-electron chi connectivity index (χ3n) is 5.70. The number of hydrogen-bond acceptors (Lipinski definition) is 9. The Bertz CT molecular complexity index is 1570. The number of hydrogen-bond donors (Lipinski definition) is 1. The van der Waals surface area contributed by atoms with Crippen molar-refractivity contribution in [1.82, 2.24) is 25.1 Å². The average Bonchev–Trinajstić information content (AvgIpc) is 3.72. The summed E-state index contributed by atoms with van der Waals surface area (Å²) >= 11 is 9.14. The third kappa shape index (κ3) is 6.27. The predicted octanol–water partition coefficient (Wildman–Crippen LogP) is 5.92. The third-order valence-corrected chi connectivity index (χ3v) is 7.90. The molecule has 5 rings (SSSR count). The lowest BCUT2D eigenvalue weighted by atomic mass is 10.1. The van der Waals surface area contributed by atoms with Crippen LogP contribution in [0.1, 0.15) is 21.1 Å². The summed E-state index contributed by atoms with van der Waals surface area (Å²) in [5, 5.41) is 15.5. The first kappa shape index (κ1) is 26.8. The van der Waals surface area contributed by atoms with E-state index in [-0.39, 0.29) is 5.91 Å². The van der Waals surface area contributed by atoms with Crippen LogP contribution < -0.4 is 14.8 Å². The van der Waals surface area contributed by atoms with Gasteiger partial charge in [-0.25, -0.2) is 4.98 Å². The second-order valence-electron chi connectivity index (χ2n) is 8.21. The van der Waals surface area contributed by atoms with Gasteiger partial charge in [0.15, 0.2) is 22.4 Å². The molecule has 3 heterocycles. The van der Waals surface area contributed by atoms with Crippen LogP contribution in [0.25, 0.3) is 17.3 Å². The van der Waals surface area contributed by atoms with Crippen LogP contribution in [0, 0.1) is 0 Å². The molecule has 2 aromatic carbocycles. The van der Waals surface area contributed by atoms with Crippen molar-refractivity contribution in [2.45, 2.75) is 17.3 Å². The van der Waals surface area contributed by atoms with Crippen molar-refractivity contribution in [3.8, 4) is 28.8 Å². The van der Waals surface area contributed by atoms with Crippen molar-refractivity contribution in [1.29, 1.82) is 0 Å². The van der Waals surface area contributed by atoms with Crippen LogP contribution in [0.2, 0.25) is 5.02 Å². The maximum Gasteiger partial charge on any atom is 0.270 e. The van der Waals surface area contributed by atoms with Crippen molar-refractivity contribution >= 4 is 40.6 Å². The standard InChI is InChI=1S/C27H24ClN5O4S2/c1-35-21-9-8-17(13-23(21)36-2)10-11-29-26(34)20-15-38-24(30-20)16-39-27-32-31-25(22-7-4-12-37-22)33(27)19-6-3-5-18(28)14-19/h3-9,12-15H,10-11,16H2,1-2H3,(H,29,34). The fourth-order valence-corrected chi connectivity index (χ4v) is 5.76. The summed E-state index contributed by atoms with van der Waals surface area (Å²) in [6, 6.07) is 16.8. The Hall–Kier alpha value is -3.80. The zero-order valence-electron chi connectivity index (χ0n) is 21.1. The zero-order chi connectivity index (χ0) is 27.2. The first-order valence-electron chi connectivity index (χ1n) is 11.9. The number of methoxy groups -OCH3 is 2. The van der Waals surface area contributed by atoms with E-state index >= 15 is 0 Å². The molecule has 1 N–H and O–H groups in total. The number of nitrogens with one attached hydrogen (secondary N) is 1. The molecule has 0 aliphatic rings. The Labute approximate surface area is 238 Å². The second kappa shape index (κ2) is 12.4. The lowest BCUT2D eigenvalue weighted by Gasteiger charge is -2.10. The van der Waals surface area contributed by atoms with Gasteiger partial charge in [-0.1, -0.05) is 35.5 Å². The zero-order valence-corrected chi connectivity index (χ0v) is 23.5. The molecule has 12 heteroatoms. The number of benzene rings is 2. The van der Waals surface area contributed by atoms with Gasteiger partial charge in [-0.05, 0) is 54.4 Å². The summed E-state index contributed by atoms with van der Waals surface area (Å²) in [4.78, 5) is 17.2. The molecule has 0 aliphatic heterocycles. The summed E-state index contributed by atoms with van der Waals surface area (Å²) < 4.78 is 18.1. The summed E-state index contributed by atoms with van der Waals surface area (Å²) in [5.74, 6) is 2.78. The van der Waals surface area contributed by atoms with Crippen LogP contribution >= 0.6 is 34.7 Å². The molecule has 0 aliphatic carbocycles. The van der Waals surface area contributed by atoms with E-state index in [0.717, 1.165) is 16.3 Å². The van der Waals surface area contributed by atoms with Crippen molar-refractivity contribution in [3.63, 3.8) is 0 Å². The van der Waals surface area contributed by atoms with Crippen molar-refractivity contribution in [2.75, 3.05) is 20.8 Å². The number of thiazole rings is 1. The van der Waals surface area contributed by atoms with Crippen molar-refractivity contribution in [3.05, 3.63) is 87.5 Å². The Morgan fingerprint density at radius 1 is 1.10 bits per heavy atom. The van der Waals surface area contributed by atoms with Crippen LogP contribution in [-0.4, -0.2) is 46.4 Å². The van der Waals surface area contributed by atoms with E-state index < -0.39 is 0 Å². The Morgan fingerprint density at radius 2 is 1.97 bits per heavy atom. The minimum Gasteiger partial charge on any atom is -0.493 e. The van der Waals surface area contributed by atoms with Crippen molar-refractivity contribution in [2.24, 2.45) is 0 Å². The molecule has 200 valence electrons. The van der Waals surface area contributed by atoms with Gasteiger partial charge in [0.2, 0.25) is 5.82 Å². The maximum absolute atomic E-state index is 12.7. The average molecular weight is 582 g/mol. The Kier molecular flexibility index (Phi) is 8.50. The molecule has 1 amide bonds. The highest BCUT2D eigenvalue weighted by Crippen LogP contribution is 2.31. The number of nitrogens with zero attached hydrogens (tertiary/aromatic N) is 4. The highest BCUT2D eigenvalue weighted by molar-refractivity contribution is 7.98. The van der Waals surface area contributed by atoms with E-state index in [1.807, 2.05) is 53.1 Å². The van der Waals surface area contributed by atoms with E-state index in [2.05, 4.69) is 20.5 Å². The summed E-state index contributed by atoms with van der Waals surface area (Å²) in [6.07, 6.45) is 2.24. The van der Waals surface area contributed by atoms with Gasteiger partial charge in [-0.2, -0.15) is 0 Å². The van der Waals surface area contributed by atoms with Gasteiger partial charge in [0.1, 0.15) is 10.7 Å². The smallest absolute Gasteiger partial charge is 0.270 e. The highest BCUT2D eigenvalue weighted by Gasteiger charge is 2.19. The van der Waals surface area contributed by atoms with Crippen LogP contribution in [0.15, 0.2) is 75.8 Å². The number of halogens is 1. The van der Waals surface area contributed by atoms with Gasteiger partial charge in [0.05, 0.1) is 31.9 Å². The van der Waals surface area contributed by atoms with Gasteiger partial charge < -0.3 is 19.2 Å². The van der Waals surface area contributed by atoms with Gasteiger partial charge in [-0.3, -0.25) is 9.36 Å². The minimum absolute atomic E-state index is 0.217. The lowest BCUT2D eigenvalue weighted by molar-refractivity contribution is 0.0949. The monoisotopic (exact) mass is 581 g/mol. The number of rotatable bonds is 11. The molecule has 0 saturated carbocycles. The first-order valence-corrected chi connectivity index (χ1v) is 14.1. The highest BCUT2D eigenvalue weighted by atomic mass is 35.5. The number of carbonyl (C=O) groups excluding carboxylic acids is 1. The Morgan fingerprint density at radius 3 is 2.74 bits per heavy atom. The van der Waals surface area contributed by atoms with Gasteiger partial charge in [-0.15, -0.1) is 21.5 Å². The van der Waals surface area contributed by atoms with Crippen molar-refractivity contribution < 1.29 is 18.7 Å². The predicted molar refractivity (Wildman–Crippen MR) is 151 cm³/mol. The molecule has 0 spiro atoms. The van der Waals surface area contributed by atoms with Crippen LogP contribution in [0.4, 0.5) is 0 Å². The topological polar surface area (TPSA) is 104 Å². The fraction of sp³-hybridized carbons (Fsp3) is 0.185. The van der Waals surface area contributed by atoms with Crippen LogP contribution in [0.3, 0.4) is 0 Å². The number of furan rings is 1. The quantitative estimate of drug-likeness (QED) is 0.192. The second-order valence-corrected chi connectivity index (χ2v) is 10.5. The molecular formula is C27H24ClN5O4S2. The number of ether oxygens (including phenoxy) is 2. The summed E-state index contributed by atoms with van der Waals surface area (Å²) in [5.41, 5.74) is 2.23. The van der Waals surface area contributed by atoms with E-state index in [1.54, 1.807) is 31.9 Å². The van der Waals surface area contributed by atoms with E-state index in [0.29, 0.717) is 57.7 Å². The van der Waals surface area contributed by atoms with Gasteiger partial charge >= 0.3 is 0 Å². The number of carbonyl (C=O) groups is 1. The van der Waals surface area contributed by atoms with E-state index in [4.69, 9.17) is 25.5 Å². The van der Waals surface area contributed by atoms with E-state index in [9.17, 15) is 4.79 Å². The van der Waals surface area contributed by atoms with Gasteiger partial charge in [0.25, 0.3) is 5.91 Å². The molecule has 0 unspecified atom stereocenters. The molecule has 9 nitrogen and oxygen atoms in total. The van der Waals surface area contributed by atoms with Crippen LogP contribution in [0.5, 0.6) is 11.5 Å². The van der Waals surface area contributed by atoms with Crippen LogP contribution in [-0.2, 0) is 12.2 Å². The minimum atomic E-state index is -0.217. The molecular weight excluding hydrogens is 558 g/mol. The SMILES string of the molecule is COc1ccc(CCNC(=O)c2csc(CSc3nnc(-c4ccco4)n3-c3cccc(Cl)c3)n2)cc1OC. The number of amides is 1. The largest absolute Gasteiger partial charge is 0.493 e. The van der Waals surface area contributed by atoms with E-state index in [1.165, 1.54) is 23.1 Å². The first-order chi connectivity index (χ1) is 19.1. The molecule has 0 saturated heterocycles. The fourth-order valence-electron chi connectivity index (χ4n) is 3.83. The molecule has 0 fully saturated rings. The molecule has 0 radical (unpaired) electrons. The number of thioether (sulfide) groups is 1. The molecule has 0 bridgehead atoms. The maximum atomic E-state index is 12.7. The lowest BCUT2D eigenvalue weighted by Crippen LogP contribution is -2.26. The molecule has 0 atom stereocenters. The number of aromatic nitrogens is 4. The summed E-state index contributed by atoms with van der Waals surface area (Å²) in [6.45, 7) is 0.466. The molecule has 3 aromatic heterocycles. The molecule has 5 aromatic rings. The Balaban J connectivity index is 1.22. The molecule has 39 heavy (non-hydrogen) atoms. The summed E-state index contributed by atoms with van der Waals surface area (Å²) in [7, 11) is 3.20. The van der Waals surface area contributed by atoms with Gasteiger partial charge in [0, 0.05) is 16.9 Å². The normalized spacial score (nSPS) is 10.9.